The molecule has 1 aliphatic carbocycles. The summed E-state index contributed by atoms with van der Waals surface area (Å²) in [5.74, 6) is 0.149. The van der Waals surface area contributed by atoms with Crippen molar-refractivity contribution in [1.29, 1.82) is 0 Å². The summed E-state index contributed by atoms with van der Waals surface area (Å²) in [6.07, 6.45) is -2.60. The predicted octanol–water partition coefficient (Wildman–Crippen LogP) is 4.71. The number of alkyl halides is 3. The maximum Gasteiger partial charge on any atom is 0.433 e. The molecule has 0 aromatic heterocycles. The molecule has 4 rings (SSSR count). The van der Waals surface area contributed by atoms with Gasteiger partial charge in [0.25, 0.3) is 0 Å². The van der Waals surface area contributed by atoms with Crippen molar-refractivity contribution in [3.05, 3.63) is 71.3 Å². The van der Waals surface area contributed by atoms with Gasteiger partial charge >= 0.3 is 6.18 Å². The molecule has 2 aromatic rings. The molecule has 2 aromatic carbocycles. The SMILES string of the molecule is FC(F)(F)C1=N[C@](c2ccccc2)(C2CC2)c2ccccc21. The first-order chi connectivity index (χ1) is 10.5. The highest BCUT2D eigenvalue weighted by Crippen LogP contribution is 2.56. The number of halogens is 3. The Morgan fingerprint density at radius 3 is 2.18 bits per heavy atom. The molecule has 4 heteroatoms. The Labute approximate surface area is 126 Å². The molecule has 22 heavy (non-hydrogen) atoms. The molecule has 0 bridgehead atoms. The third-order valence-electron chi connectivity index (χ3n) is 4.53. The van der Waals surface area contributed by atoms with Crippen LogP contribution >= 0.6 is 0 Å². The van der Waals surface area contributed by atoms with Crippen LogP contribution in [0.25, 0.3) is 0 Å². The zero-order chi connectivity index (χ0) is 15.4. The molecule has 0 N–H and O–H groups in total. The summed E-state index contributed by atoms with van der Waals surface area (Å²) in [5.41, 5.74) is 0.160. The Hall–Kier alpha value is -2.10. The molecule has 2 aliphatic rings. The Kier molecular flexibility index (Phi) is 2.74. The van der Waals surface area contributed by atoms with E-state index in [9.17, 15) is 13.2 Å². The lowest BCUT2D eigenvalue weighted by molar-refractivity contribution is -0.0582. The molecule has 1 aliphatic heterocycles. The second-order valence-electron chi connectivity index (χ2n) is 5.91. The van der Waals surface area contributed by atoms with Crippen LogP contribution in [0.2, 0.25) is 0 Å². The first kappa shape index (κ1) is 13.6. The van der Waals surface area contributed by atoms with Gasteiger partial charge in [0, 0.05) is 5.56 Å². The third kappa shape index (κ3) is 1.83. The lowest BCUT2D eigenvalue weighted by Crippen LogP contribution is -2.26. The van der Waals surface area contributed by atoms with Gasteiger partial charge in [-0.1, -0.05) is 54.6 Å². The van der Waals surface area contributed by atoms with Gasteiger partial charge in [0.05, 0.1) is 0 Å². The Morgan fingerprint density at radius 2 is 1.55 bits per heavy atom. The van der Waals surface area contributed by atoms with Crippen LogP contribution in [0, 0.1) is 5.92 Å². The highest BCUT2D eigenvalue weighted by Gasteiger charge is 2.55. The summed E-state index contributed by atoms with van der Waals surface area (Å²) in [5, 5.41) is 0. The number of aliphatic imine (C=N–C) groups is 1. The zero-order valence-corrected chi connectivity index (χ0v) is 11.8. The van der Waals surface area contributed by atoms with Gasteiger partial charge in [-0.3, -0.25) is 4.99 Å². The van der Waals surface area contributed by atoms with E-state index in [0.29, 0.717) is 5.56 Å². The van der Waals surface area contributed by atoms with E-state index < -0.39 is 17.4 Å². The Bertz CT molecular complexity index is 744. The van der Waals surface area contributed by atoms with Crippen LogP contribution in [0.15, 0.2) is 59.6 Å². The van der Waals surface area contributed by atoms with E-state index in [0.717, 1.165) is 18.4 Å². The highest BCUT2D eigenvalue weighted by atomic mass is 19.4. The monoisotopic (exact) mass is 301 g/mol. The second kappa shape index (κ2) is 4.45. The van der Waals surface area contributed by atoms with Crippen LogP contribution < -0.4 is 0 Å². The number of rotatable bonds is 2. The van der Waals surface area contributed by atoms with Crippen molar-refractivity contribution in [3.8, 4) is 0 Å². The number of fused-ring (bicyclic) bond motifs is 1. The largest absolute Gasteiger partial charge is 0.433 e. The quantitative estimate of drug-likeness (QED) is 0.762. The van der Waals surface area contributed by atoms with Gasteiger partial charge in [0.1, 0.15) is 11.3 Å². The lowest BCUT2D eigenvalue weighted by Gasteiger charge is -2.28. The average molecular weight is 301 g/mol. The van der Waals surface area contributed by atoms with Crippen molar-refractivity contribution in [2.45, 2.75) is 24.6 Å². The molecule has 0 unspecified atom stereocenters. The molecule has 0 spiro atoms. The summed E-state index contributed by atoms with van der Waals surface area (Å²) in [6, 6.07) is 16.2. The van der Waals surface area contributed by atoms with Crippen LogP contribution in [0.3, 0.4) is 0 Å². The lowest BCUT2D eigenvalue weighted by atomic mass is 9.79. The molecule has 1 saturated carbocycles. The van der Waals surface area contributed by atoms with E-state index in [1.165, 1.54) is 6.07 Å². The molecule has 112 valence electrons. The highest BCUT2D eigenvalue weighted by molar-refractivity contribution is 6.09. The van der Waals surface area contributed by atoms with Crippen LogP contribution in [-0.4, -0.2) is 11.9 Å². The number of benzene rings is 2. The van der Waals surface area contributed by atoms with Crippen molar-refractivity contribution in [1.82, 2.24) is 0 Å². The molecule has 0 saturated heterocycles. The maximum atomic E-state index is 13.5. The van der Waals surface area contributed by atoms with Gasteiger partial charge in [-0.25, -0.2) is 0 Å². The van der Waals surface area contributed by atoms with Gasteiger partial charge in [0.2, 0.25) is 0 Å². The number of hydrogen-bond acceptors (Lipinski definition) is 1. The zero-order valence-electron chi connectivity index (χ0n) is 11.8. The van der Waals surface area contributed by atoms with Gasteiger partial charge in [0.15, 0.2) is 0 Å². The minimum atomic E-state index is -4.43. The summed E-state index contributed by atoms with van der Waals surface area (Å²) < 4.78 is 40.4. The van der Waals surface area contributed by atoms with Crippen molar-refractivity contribution < 1.29 is 13.2 Å². The summed E-state index contributed by atoms with van der Waals surface area (Å²) in [6.45, 7) is 0. The van der Waals surface area contributed by atoms with Crippen molar-refractivity contribution in [2.24, 2.45) is 10.9 Å². The van der Waals surface area contributed by atoms with E-state index in [1.54, 1.807) is 18.2 Å². The van der Waals surface area contributed by atoms with E-state index >= 15 is 0 Å². The van der Waals surface area contributed by atoms with Crippen LogP contribution in [0.5, 0.6) is 0 Å². The van der Waals surface area contributed by atoms with Crippen LogP contribution in [0.4, 0.5) is 13.2 Å². The minimum absolute atomic E-state index is 0.149. The van der Waals surface area contributed by atoms with E-state index in [4.69, 9.17) is 0 Å². The minimum Gasteiger partial charge on any atom is -0.263 e. The predicted molar refractivity (Wildman–Crippen MR) is 79.0 cm³/mol. The van der Waals surface area contributed by atoms with Crippen molar-refractivity contribution in [2.75, 3.05) is 0 Å². The van der Waals surface area contributed by atoms with Gasteiger partial charge < -0.3 is 0 Å². The molecule has 1 nitrogen and oxygen atoms in total. The number of nitrogens with zero attached hydrogens (tertiary/aromatic N) is 1. The third-order valence-corrected chi connectivity index (χ3v) is 4.53. The molecular formula is C18H14F3N. The summed E-state index contributed by atoms with van der Waals surface area (Å²) in [4.78, 5) is 4.28. The topological polar surface area (TPSA) is 12.4 Å². The fraction of sp³-hybridized carbons (Fsp3) is 0.278. The average Bonchev–Trinajstić information content (AvgIpc) is 3.29. The maximum absolute atomic E-state index is 13.5. The summed E-state index contributed by atoms with van der Waals surface area (Å²) >= 11 is 0. The standard InChI is InChI=1S/C18H14F3N/c19-18(20,21)16-14-8-4-5-9-15(14)17(22-16,13-10-11-13)12-6-2-1-3-7-12/h1-9,13H,10-11H2/t17-/m1/s1. The first-order valence-corrected chi connectivity index (χ1v) is 7.36. The fourth-order valence-electron chi connectivity index (χ4n) is 3.50. The molecule has 0 radical (unpaired) electrons. The number of hydrogen-bond donors (Lipinski definition) is 0. The smallest absolute Gasteiger partial charge is 0.263 e. The molecule has 1 heterocycles. The fourth-order valence-corrected chi connectivity index (χ4v) is 3.50. The van der Waals surface area contributed by atoms with Gasteiger partial charge in [-0.15, -0.1) is 0 Å². The molecule has 1 fully saturated rings. The van der Waals surface area contributed by atoms with Crippen LogP contribution in [0.1, 0.15) is 29.5 Å². The Balaban J connectivity index is 2.02. The van der Waals surface area contributed by atoms with Crippen molar-refractivity contribution >= 4 is 5.71 Å². The summed E-state index contributed by atoms with van der Waals surface area (Å²) in [7, 11) is 0. The van der Waals surface area contributed by atoms with Crippen molar-refractivity contribution in [3.63, 3.8) is 0 Å². The van der Waals surface area contributed by atoms with E-state index in [-0.39, 0.29) is 11.5 Å². The second-order valence-corrected chi connectivity index (χ2v) is 5.91. The molecule has 0 amide bonds. The molecular weight excluding hydrogens is 287 g/mol. The molecule has 1 atom stereocenters. The van der Waals surface area contributed by atoms with Gasteiger partial charge in [-0.2, -0.15) is 13.2 Å². The Morgan fingerprint density at radius 1 is 0.909 bits per heavy atom. The van der Waals surface area contributed by atoms with Gasteiger partial charge in [-0.05, 0) is 29.9 Å². The van der Waals surface area contributed by atoms with E-state index in [1.807, 2.05) is 30.3 Å². The normalized spacial score (nSPS) is 24.0. The van der Waals surface area contributed by atoms with E-state index in [2.05, 4.69) is 4.99 Å². The van der Waals surface area contributed by atoms with Crippen LogP contribution in [-0.2, 0) is 5.54 Å². The first-order valence-electron chi connectivity index (χ1n) is 7.36.